The van der Waals surface area contributed by atoms with Gasteiger partial charge in [0, 0.05) is 30.4 Å². The van der Waals surface area contributed by atoms with Gasteiger partial charge < -0.3 is 10.2 Å². The summed E-state index contributed by atoms with van der Waals surface area (Å²) in [6.45, 7) is 2.06. The number of anilines is 2. The quantitative estimate of drug-likeness (QED) is 0.896. The fourth-order valence-corrected chi connectivity index (χ4v) is 2.85. The molecule has 1 aliphatic heterocycles. The molecule has 4 nitrogen and oxygen atoms in total. The Morgan fingerprint density at radius 3 is 2.56 bits per heavy atom. The summed E-state index contributed by atoms with van der Waals surface area (Å²) >= 11 is 0. The number of carbonyl (C=O) groups is 2. The lowest BCUT2D eigenvalue weighted by molar-refractivity contribution is -0.137. The summed E-state index contributed by atoms with van der Waals surface area (Å²) in [5.41, 5.74) is 1.25. The van der Waals surface area contributed by atoms with Crippen molar-refractivity contribution < 1.29 is 22.8 Å². The largest absolute Gasteiger partial charge is 0.416 e. The number of nitrogens with one attached hydrogen (secondary N) is 1. The number of hydrogen-bond acceptors (Lipinski definition) is 2. The highest BCUT2D eigenvalue weighted by Gasteiger charge is 2.31. The van der Waals surface area contributed by atoms with Crippen LogP contribution in [0.4, 0.5) is 24.5 Å². The average molecular weight is 348 g/mol. The van der Waals surface area contributed by atoms with E-state index in [1.807, 2.05) is 0 Å². The maximum absolute atomic E-state index is 12.7. The third-order valence-corrected chi connectivity index (χ3v) is 4.07. The minimum absolute atomic E-state index is 0.0560. The zero-order chi connectivity index (χ0) is 18.2. The molecule has 0 aliphatic carbocycles. The lowest BCUT2D eigenvalue weighted by Gasteiger charge is -2.15. The van der Waals surface area contributed by atoms with Crippen molar-refractivity contribution in [2.24, 2.45) is 0 Å². The van der Waals surface area contributed by atoms with Gasteiger partial charge in [0.25, 0.3) is 5.91 Å². The molecule has 0 atom stereocenters. The van der Waals surface area contributed by atoms with Crippen molar-refractivity contribution in [2.75, 3.05) is 16.8 Å². The molecule has 2 aromatic rings. The van der Waals surface area contributed by atoms with Crippen LogP contribution in [0.15, 0.2) is 42.5 Å². The van der Waals surface area contributed by atoms with E-state index in [0.717, 1.165) is 23.4 Å². The Bertz CT molecular complexity index is 846. The predicted octanol–water partition coefficient (Wildman–Crippen LogP) is 3.87. The number of hydrogen-bond donors (Lipinski definition) is 1. The van der Waals surface area contributed by atoms with Crippen molar-refractivity contribution in [2.45, 2.75) is 19.5 Å². The zero-order valence-electron chi connectivity index (χ0n) is 13.4. The Labute approximate surface area is 142 Å². The van der Waals surface area contributed by atoms with Crippen LogP contribution in [-0.2, 0) is 17.4 Å². The van der Waals surface area contributed by atoms with Gasteiger partial charge in [-0.1, -0.05) is 6.07 Å². The first kappa shape index (κ1) is 17.0. The predicted molar refractivity (Wildman–Crippen MR) is 87.6 cm³/mol. The third kappa shape index (κ3) is 3.50. The van der Waals surface area contributed by atoms with Crippen LogP contribution in [0.5, 0.6) is 0 Å². The number of benzene rings is 2. The highest BCUT2D eigenvalue weighted by molar-refractivity contribution is 6.04. The van der Waals surface area contributed by atoms with Gasteiger partial charge >= 0.3 is 6.18 Å². The molecular formula is C18H15F3N2O2. The molecule has 0 spiro atoms. The van der Waals surface area contributed by atoms with Crippen LogP contribution in [0.1, 0.15) is 28.4 Å². The second-order valence-electron chi connectivity index (χ2n) is 5.80. The van der Waals surface area contributed by atoms with E-state index in [0.29, 0.717) is 18.7 Å². The zero-order valence-corrected chi connectivity index (χ0v) is 13.4. The summed E-state index contributed by atoms with van der Waals surface area (Å²) < 4.78 is 38.2. The number of carbonyl (C=O) groups excluding carboxylic acids is 2. The molecule has 130 valence electrons. The van der Waals surface area contributed by atoms with Gasteiger partial charge in [-0.05, 0) is 48.4 Å². The van der Waals surface area contributed by atoms with Crippen molar-refractivity contribution >= 4 is 23.2 Å². The molecule has 0 bridgehead atoms. The fourth-order valence-electron chi connectivity index (χ4n) is 2.85. The third-order valence-electron chi connectivity index (χ3n) is 4.07. The van der Waals surface area contributed by atoms with Gasteiger partial charge in [0.15, 0.2) is 0 Å². The van der Waals surface area contributed by atoms with E-state index in [1.165, 1.54) is 19.1 Å². The summed E-state index contributed by atoms with van der Waals surface area (Å²) in [5.74, 6) is -0.674. The van der Waals surface area contributed by atoms with Crippen molar-refractivity contribution in [3.05, 3.63) is 59.2 Å². The number of halogens is 3. The van der Waals surface area contributed by atoms with Crippen LogP contribution in [0.25, 0.3) is 0 Å². The molecule has 0 saturated heterocycles. The van der Waals surface area contributed by atoms with E-state index in [9.17, 15) is 22.8 Å². The van der Waals surface area contributed by atoms with E-state index < -0.39 is 17.6 Å². The molecule has 25 heavy (non-hydrogen) atoms. The molecule has 1 heterocycles. The molecule has 0 aromatic heterocycles. The summed E-state index contributed by atoms with van der Waals surface area (Å²) in [6.07, 6.45) is -3.83. The molecule has 0 fully saturated rings. The Balaban J connectivity index is 1.80. The van der Waals surface area contributed by atoms with Crippen molar-refractivity contribution in [3.8, 4) is 0 Å². The second-order valence-corrected chi connectivity index (χ2v) is 5.80. The van der Waals surface area contributed by atoms with Gasteiger partial charge in [0.1, 0.15) is 0 Å². The van der Waals surface area contributed by atoms with Crippen molar-refractivity contribution in [1.29, 1.82) is 0 Å². The van der Waals surface area contributed by atoms with Gasteiger partial charge in [0.2, 0.25) is 5.91 Å². The van der Waals surface area contributed by atoms with E-state index in [-0.39, 0.29) is 11.5 Å². The van der Waals surface area contributed by atoms with E-state index in [1.54, 1.807) is 23.1 Å². The number of amides is 2. The Morgan fingerprint density at radius 2 is 1.88 bits per heavy atom. The standard InChI is InChI=1S/C18H15F3N2O2/c1-11(24)23-8-7-12-10-15(5-6-16(12)23)22-17(25)13-3-2-4-14(9-13)18(19,20)21/h2-6,9-10H,7-8H2,1H3,(H,22,25). The molecule has 2 amide bonds. The first-order valence-electron chi connectivity index (χ1n) is 7.65. The minimum atomic E-state index is -4.50. The maximum Gasteiger partial charge on any atom is 0.416 e. The number of rotatable bonds is 2. The Kier molecular flexibility index (Phi) is 4.24. The summed E-state index contributed by atoms with van der Waals surface area (Å²) in [4.78, 5) is 25.4. The highest BCUT2D eigenvalue weighted by atomic mass is 19.4. The van der Waals surface area contributed by atoms with Crippen LogP contribution in [0.2, 0.25) is 0 Å². The topological polar surface area (TPSA) is 49.4 Å². The lowest BCUT2D eigenvalue weighted by atomic mass is 10.1. The molecule has 2 aromatic carbocycles. The smallest absolute Gasteiger partial charge is 0.322 e. The van der Waals surface area contributed by atoms with Crippen LogP contribution < -0.4 is 10.2 Å². The molecule has 1 N–H and O–H groups in total. The molecule has 1 aliphatic rings. The van der Waals surface area contributed by atoms with Crippen molar-refractivity contribution in [3.63, 3.8) is 0 Å². The van der Waals surface area contributed by atoms with E-state index in [4.69, 9.17) is 0 Å². The summed E-state index contributed by atoms with van der Waals surface area (Å²) in [6, 6.07) is 9.37. The van der Waals surface area contributed by atoms with Gasteiger partial charge in [-0.2, -0.15) is 13.2 Å². The van der Waals surface area contributed by atoms with Crippen LogP contribution >= 0.6 is 0 Å². The normalized spacial score (nSPS) is 13.5. The Hall–Kier alpha value is -2.83. The van der Waals surface area contributed by atoms with Gasteiger partial charge in [0.05, 0.1) is 5.56 Å². The van der Waals surface area contributed by atoms with Crippen LogP contribution in [0.3, 0.4) is 0 Å². The SMILES string of the molecule is CC(=O)N1CCc2cc(NC(=O)c3cccc(C(F)(F)F)c3)ccc21. The Morgan fingerprint density at radius 1 is 1.12 bits per heavy atom. The number of alkyl halides is 3. The molecule has 0 unspecified atom stereocenters. The second kappa shape index (κ2) is 6.23. The molecule has 7 heteroatoms. The fraction of sp³-hybridized carbons (Fsp3) is 0.222. The molecule has 0 radical (unpaired) electrons. The molecular weight excluding hydrogens is 333 g/mol. The average Bonchev–Trinajstić information content (AvgIpc) is 2.97. The monoisotopic (exact) mass is 348 g/mol. The maximum atomic E-state index is 12.7. The van der Waals surface area contributed by atoms with Gasteiger partial charge in [-0.15, -0.1) is 0 Å². The summed E-state index contributed by atoms with van der Waals surface area (Å²) in [5, 5.41) is 2.60. The van der Waals surface area contributed by atoms with Crippen LogP contribution in [-0.4, -0.2) is 18.4 Å². The van der Waals surface area contributed by atoms with Crippen LogP contribution in [0, 0.1) is 0 Å². The molecule has 3 rings (SSSR count). The lowest BCUT2D eigenvalue weighted by Crippen LogP contribution is -2.25. The number of nitrogens with zero attached hydrogens (tertiary/aromatic N) is 1. The first-order valence-corrected chi connectivity index (χ1v) is 7.65. The number of fused-ring (bicyclic) bond motifs is 1. The van der Waals surface area contributed by atoms with Gasteiger partial charge in [-0.25, -0.2) is 0 Å². The summed E-state index contributed by atoms with van der Waals surface area (Å²) in [7, 11) is 0. The molecule has 0 saturated carbocycles. The highest BCUT2D eigenvalue weighted by Crippen LogP contribution is 2.31. The minimum Gasteiger partial charge on any atom is -0.322 e. The van der Waals surface area contributed by atoms with E-state index in [2.05, 4.69) is 5.32 Å². The first-order chi connectivity index (χ1) is 11.8. The van der Waals surface area contributed by atoms with E-state index >= 15 is 0 Å². The van der Waals surface area contributed by atoms with Gasteiger partial charge in [-0.3, -0.25) is 9.59 Å². The van der Waals surface area contributed by atoms with Crippen molar-refractivity contribution in [1.82, 2.24) is 0 Å².